The summed E-state index contributed by atoms with van der Waals surface area (Å²) in [5.74, 6) is -0.199. The van der Waals surface area contributed by atoms with Crippen LogP contribution in [0.4, 0.5) is 11.4 Å². The van der Waals surface area contributed by atoms with Gasteiger partial charge in [0.05, 0.1) is 11.1 Å². The van der Waals surface area contributed by atoms with Gasteiger partial charge in [0.2, 0.25) is 15.9 Å². The molecular weight excluding hydrogens is 459 g/mol. The molecule has 0 aromatic heterocycles. The minimum absolute atomic E-state index is 0.0406. The Labute approximate surface area is 193 Å². The van der Waals surface area contributed by atoms with Gasteiger partial charge in [0, 0.05) is 56.7 Å². The van der Waals surface area contributed by atoms with Gasteiger partial charge in [-0.2, -0.15) is 0 Å². The van der Waals surface area contributed by atoms with Gasteiger partial charge in [-0.05, 0) is 49.4 Å². The number of anilines is 2. The van der Waals surface area contributed by atoms with E-state index in [9.17, 15) is 13.2 Å². The fourth-order valence-electron chi connectivity index (χ4n) is 3.41. The van der Waals surface area contributed by atoms with Crippen LogP contribution in [0.15, 0.2) is 47.4 Å². The molecule has 3 rings (SSSR count). The Bertz CT molecular complexity index is 1040. The predicted octanol–water partition coefficient (Wildman–Crippen LogP) is 3.39. The number of carbonyl (C=O) groups excluding carboxylic acids is 1. The molecule has 10 heteroatoms. The van der Waals surface area contributed by atoms with Crippen LogP contribution < -0.4 is 10.2 Å². The Balaban J connectivity index is 1.63. The van der Waals surface area contributed by atoms with Crippen LogP contribution in [0.5, 0.6) is 0 Å². The van der Waals surface area contributed by atoms with E-state index in [-0.39, 0.29) is 21.9 Å². The molecule has 1 aliphatic heterocycles. The van der Waals surface area contributed by atoms with E-state index >= 15 is 0 Å². The van der Waals surface area contributed by atoms with E-state index in [1.54, 1.807) is 6.07 Å². The first-order chi connectivity index (χ1) is 14.6. The number of carbonyl (C=O) groups is 1. The Kier molecular flexibility index (Phi) is 7.49. The lowest BCUT2D eigenvalue weighted by Crippen LogP contribution is -2.52. The molecule has 0 spiro atoms. The molecular formula is C21H26Cl2N4O3S. The van der Waals surface area contributed by atoms with Gasteiger partial charge in [-0.15, -0.1) is 0 Å². The summed E-state index contributed by atoms with van der Waals surface area (Å²) in [6.45, 7) is 4.91. The van der Waals surface area contributed by atoms with E-state index in [1.165, 1.54) is 26.2 Å². The Morgan fingerprint density at radius 2 is 1.65 bits per heavy atom. The maximum absolute atomic E-state index is 12.8. The van der Waals surface area contributed by atoms with Crippen molar-refractivity contribution in [3.63, 3.8) is 0 Å². The third-order valence-electron chi connectivity index (χ3n) is 5.39. The van der Waals surface area contributed by atoms with Gasteiger partial charge in [-0.3, -0.25) is 9.69 Å². The summed E-state index contributed by atoms with van der Waals surface area (Å²) in [7, 11) is -0.850. The number of sulfonamides is 1. The second kappa shape index (κ2) is 9.75. The van der Waals surface area contributed by atoms with Crippen molar-refractivity contribution >= 4 is 50.5 Å². The zero-order valence-electron chi connectivity index (χ0n) is 17.7. The summed E-state index contributed by atoms with van der Waals surface area (Å²) in [6.07, 6.45) is 0. The van der Waals surface area contributed by atoms with Crippen molar-refractivity contribution in [3.05, 3.63) is 52.5 Å². The summed E-state index contributed by atoms with van der Waals surface area (Å²) in [6, 6.07) is 11.8. The van der Waals surface area contributed by atoms with Crippen molar-refractivity contribution in [2.45, 2.75) is 17.9 Å². The maximum Gasteiger partial charge on any atom is 0.244 e. The van der Waals surface area contributed by atoms with E-state index in [0.717, 1.165) is 36.2 Å². The predicted molar refractivity (Wildman–Crippen MR) is 126 cm³/mol. The van der Waals surface area contributed by atoms with Gasteiger partial charge in [-0.25, -0.2) is 12.7 Å². The summed E-state index contributed by atoms with van der Waals surface area (Å²) < 4.78 is 26.0. The molecule has 7 nitrogen and oxygen atoms in total. The summed E-state index contributed by atoms with van der Waals surface area (Å²) in [4.78, 5) is 17.1. The molecule has 2 aromatic rings. The van der Waals surface area contributed by atoms with Crippen molar-refractivity contribution in [1.82, 2.24) is 9.21 Å². The number of hydrogen-bond donors (Lipinski definition) is 1. The minimum atomic E-state index is -3.72. The van der Waals surface area contributed by atoms with Crippen LogP contribution in [0.3, 0.4) is 0 Å². The molecule has 31 heavy (non-hydrogen) atoms. The fourth-order valence-corrected chi connectivity index (χ4v) is 4.93. The molecule has 0 bridgehead atoms. The summed E-state index contributed by atoms with van der Waals surface area (Å²) in [5.41, 5.74) is 1.50. The number of nitrogens with one attached hydrogen (secondary N) is 1. The second-order valence-corrected chi connectivity index (χ2v) is 10.6. The lowest BCUT2D eigenvalue weighted by molar-refractivity contribution is -0.120. The number of nitrogens with zero attached hydrogens (tertiary/aromatic N) is 3. The first-order valence-corrected chi connectivity index (χ1v) is 12.1. The van der Waals surface area contributed by atoms with Gasteiger partial charge in [-0.1, -0.05) is 23.2 Å². The van der Waals surface area contributed by atoms with Crippen LogP contribution in [-0.4, -0.2) is 69.8 Å². The summed E-state index contributed by atoms with van der Waals surface area (Å²) in [5, 5.41) is 3.63. The number of halogens is 2. The highest BCUT2D eigenvalue weighted by molar-refractivity contribution is 7.89. The molecule has 0 saturated carbocycles. The van der Waals surface area contributed by atoms with E-state index in [2.05, 4.69) is 15.1 Å². The van der Waals surface area contributed by atoms with Crippen molar-refractivity contribution in [2.24, 2.45) is 0 Å². The number of piperazine rings is 1. The molecule has 1 aliphatic rings. The molecule has 168 valence electrons. The lowest BCUT2D eigenvalue weighted by atomic mass is 10.2. The number of amides is 1. The van der Waals surface area contributed by atoms with E-state index in [4.69, 9.17) is 23.2 Å². The molecule has 0 aliphatic carbocycles. The van der Waals surface area contributed by atoms with Crippen molar-refractivity contribution < 1.29 is 13.2 Å². The second-order valence-electron chi connectivity index (χ2n) is 7.60. The molecule has 1 unspecified atom stereocenters. The van der Waals surface area contributed by atoms with Gasteiger partial charge in [0.15, 0.2) is 0 Å². The zero-order chi connectivity index (χ0) is 22.8. The Morgan fingerprint density at radius 1 is 1.03 bits per heavy atom. The topological polar surface area (TPSA) is 73.0 Å². The Hall–Kier alpha value is -1.84. The van der Waals surface area contributed by atoms with E-state index < -0.39 is 10.0 Å². The molecule has 1 amide bonds. The molecule has 1 fully saturated rings. The third-order valence-corrected chi connectivity index (χ3v) is 7.94. The van der Waals surface area contributed by atoms with Crippen LogP contribution in [0.25, 0.3) is 0 Å². The molecule has 1 heterocycles. The van der Waals surface area contributed by atoms with Crippen molar-refractivity contribution in [3.8, 4) is 0 Å². The number of benzene rings is 2. The van der Waals surface area contributed by atoms with E-state index in [0.29, 0.717) is 10.7 Å². The zero-order valence-corrected chi connectivity index (χ0v) is 20.0. The largest absolute Gasteiger partial charge is 0.369 e. The quantitative estimate of drug-likeness (QED) is 0.679. The molecule has 1 saturated heterocycles. The standard InChI is InChI=1S/C21H26Cl2N4O3S/c1-15(26-10-12-27(13-11-26)18-7-4-16(22)5-8-18)21(28)24-17-6-9-19(23)20(14-17)31(29,30)25(2)3/h4-9,14-15H,10-13H2,1-3H3,(H,24,28). The van der Waals surface area contributed by atoms with Crippen molar-refractivity contribution in [1.29, 1.82) is 0 Å². The van der Waals surface area contributed by atoms with Gasteiger partial charge in [0.25, 0.3) is 0 Å². The van der Waals surface area contributed by atoms with Crippen LogP contribution in [0.2, 0.25) is 10.0 Å². The van der Waals surface area contributed by atoms with E-state index in [1.807, 2.05) is 31.2 Å². The monoisotopic (exact) mass is 484 g/mol. The van der Waals surface area contributed by atoms with Crippen LogP contribution in [-0.2, 0) is 14.8 Å². The summed E-state index contributed by atoms with van der Waals surface area (Å²) >= 11 is 12.0. The van der Waals surface area contributed by atoms with Crippen LogP contribution >= 0.6 is 23.2 Å². The number of rotatable bonds is 6. The first kappa shape index (κ1) is 23.8. The highest BCUT2D eigenvalue weighted by Gasteiger charge is 2.27. The molecule has 1 N–H and O–H groups in total. The smallest absolute Gasteiger partial charge is 0.244 e. The maximum atomic E-state index is 12.8. The first-order valence-electron chi connectivity index (χ1n) is 9.87. The highest BCUT2D eigenvalue weighted by atomic mass is 35.5. The Morgan fingerprint density at radius 3 is 2.23 bits per heavy atom. The lowest BCUT2D eigenvalue weighted by Gasteiger charge is -2.38. The highest BCUT2D eigenvalue weighted by Crippen LogP contribution is 2.27. The average Bonchev–Trinajstić information content (AvgIpc) is 2.75. The molecule has 1 atom stereocenters. The minimum Gasteiger partial charge on any atom is -0.369 e. The van der Waals surface area contributed by atoms with Gasteiger partial charge in [0.1, 0.15) is 4.90 Å². The van der Waals surface area contributed by atoms with Crippen LogP contribution in [0, 0.1) is 0 Å². The fraction of sp³-hybridized carbons (Fsp3) is 0.381. The normalized spacial score (nSPS) is 16.4. The number of hydrogen-bond acceptors (Lipinski definition) is 5. The van der Waals surface area contributed by atoms with Crippen LogP contribution in [0.1, 0.15) is 6.92 Å². The SMILES string of the molecule is CC(C(=O)Nc1ccc(Cl)c(S(=O)(=O)N(C)C)c1)N1CCN(c2ccc(Cl)cc2)CC1. The molecule has 2 aromatic carbocycles. The third kappa shape index (κ3) is 5.51. The molecule has 0 radical (unpaired) electrons. The van der Waals surface area contributed by atoms with Gasteiger partial charge >= 0.3 is 0 Å². The van der Waals surface area contributed by atoms with Gasteiger partial charge < -0.3 is 10.2 Å². The average molecular weight is 485 g/mol. The van der Waals surface area contributed by atoms with Crippen molar-refractivity contribution in [2.75, 3.05) is 50.5 Å².